The van der Waals surface area contributed by atoms with Crippen molar-refractivity contribution in [1.82, 2.24) is 14.7 Å². The lowest BCUT2D eigenvalue weighted by molar-refractivity contribution is -0.121. The number of carbonyl (C=O) groups excluding carboxylic acids is 1. The summed E-state index contributed by atoms with van der Waals surface area (Å²) in [6.07, 6.45) is 5.92. The van der Waals surface area contributed by atoms with Crippen molar-refractivity contribution in [3.05, 3.63) is 66.1 Å². The number of nitrogens with one attached hydrogen (secondary N) is 1. The van der Waals surface area contributed by atoms with E-state index in [0.29, 0.717) is 26.0 Å². The number of amides is 1. The molecular weight excluding hydrogens is 314 g/mol. The van der Waals surface area contributed by atoms with Gasteiger partial charge in [-0.15, -0.1) is 0 Å². The maximum atomic E-state index is 11.9. The van der Waals surface area contributed by atoms with E-state index in [4.69, 9.17) is 4.74 Å². The molecule has 1 N–H and O–H groups in total. The number of carbonyl (C=O) groups is 1. The molecule has 0 radical (unpaired) electrons. The SMILES string of the molecule is Cc1ccn2cc(CCNC(=O)CCCOc3ccccc3)nc2c1. The monoisotopic (exact) mass is 337 g/mol. The number of pyridine rings is 1. The van der Waals surface area contributed by atoms with E-state index < -0.39 is 0 Å². The third kappa shape index (κ3) is 5.08. The van der Waals surface area contributed by atoms with E-state index in [2.05, 4.69) is 29.4 Å². The van der Waals surface area contributed by atoms with Gasteiger partial charge in [-0.2, -0.15) is 0 Å². The summed E-state index contributed by atoms with van der Waals surface area (Å²) in [6, 6.07) is 13.7. The molecule has 0 bridgehead atoms. The molecule has 0 saturated carbocycles. The largest absolute Gasteiger partial charge is 0.494 e. The van der Waals surface area contributed by atoms with Gasteiger partial charge in [-0.05, 0) is 43.2 Å². The lowest BCUT2D eigenvalue weighted by atomic mass is 10.3. The van der Waals surface area contributed by atoms with Crippen LogP contribution < -0.4 is 10.1 Å². The second kappa shape index (κ2) is 8.33. The van der Waals surface area contributed by atoms with Gasteiger partial charge in [-0.25, -0.2) is 4.98 Å². The highest BCUT2D eigenvalue weighted by atomic mass is 16.5. The Morgan fingerprint density at radius 2 is 2.08 bits per heavy atom. The van der Waals surface area contributed by atoms with Crippen LogP contribution in [0, 0.1) is 6.92 Å². The van der Waals surface area contributed by atoms with E-state index in [0.717, 1.165) is 23.5 Å². The smallest absolute Gasteiger partial charge is 0.220 e. The van der Waals surface area contributed by atoms with Crippen molar-refractivity contribution in [1.29, 1.82) is 0 Å². The van der Waals surface area contributed by atoms with Crippen LogP contribution in [0.4, 0.5) is 0 Å². The summed E-state index contributed by atoms with van der Waals surface area (Å²) in [5, 5.41) is 2.94. The Morgan fingerprint density at radius 1 is 1.24 bits per heavy atom. The molecule has 3 aromatic rings. The maximum absolute atomic E-state index is 11.9. The maximum Gasteiger partial charge on any atom is 0.220 e. The minimum absolute atomic E-state index is 0.0521. The summed E-state index contributed by atoms with van der Waals surface area (Å²) >= 11 is 0. The van der Waals surface area contributed by atoms with Crippen molar-refractivity contribution >= 4 is 11.6 Å². The molecule has 25 heavy (non-hydrogen) atoms. The van der Waals surface area contributed by atoms with Crippen molar-refractivity contribution in [2.75, 3.05) is 13.2 Å². The van der Waals surface area contributed by atoms with Gasteiger partial charge in [0.15, 0.2) is 0 Å². The summed E-state index contributed by atoms with van der Waals surface area (Å²) in [4.78, 5) is 16.4. The fraction of sp³-hybridized carbons (Fsp3) is 0.300. The van der Waals surface area contributed by atoms with Gasteiger partial charge < -0.3 is 14.5 Å². The molecule has 2 heterocycles. The molecule has 1 aromatic carbocycles. The first-order valence-corrected chi connectivity index (χ1v) is 8.59. The van der Waals surface area contributed by atoms with Gasteiger partial charge >= 0.3 is 0 Å². The molecule has 0 aliphatic heterocycles. The molecular formula is C20H23N3O2. The van der Waals surface area contributed by atoms with Gasteiger partial charge in [-0.3, -0.25) is 4.79 Å². The lowest BCUT2D eigenvalue weighted by Crippen LogP contribution is -2.25. The highest BCUT2D eigenvalue weighted by Gasteiger charge is 2.04. The second-order valence-electron chi connectivity index (χ2n) is 6.07. The topological polar surface area (TPSA) is 55.6 Å². The molecule has 0 aliphatic rings. The van der Waals surface area contributed by atoms with Crippen LogP contribution in [-0.4, -0.2) is 28.4 Å². The molecule has 5 heteroatoms. The van der Waals surface area contributed by atoms with E-state index >= 15 is 0 Å². The summed E-state index contributed by atoms with van der Waals surface area (Å²) in [5.74, 6) is 0.890. The Kier molecular flexibility index (Phi) is 5.67. The van der Waals surface area contributed by atoms with Crippen LogP contribution in [0.3, 0.4) is 0 Å². The number of ether oxygens (including phenoxy) is 1. The highest BCUT2D eigenvalue weighted by molar-refractivity contribution is 5.75. The molecule has 0 fully saturated rings. The third-order valence-corrected chi connectivity index (χ3v) is 3.93. The summed E-state index contributed by atoms with van der Waals surface area (Å²) in [7, 11) is 0. The molecule has 1 amide bonds. The lowest BCUT2D eigenvalue weighted by Gasteiger charge is -2.06. The summed E-state index contributed by atoms with van der Waals surface area (Å²) < 4.78 is 7.59. The van der Waals surface area contributed by atoms with Crippen LogP contribution in [0.5, 0.6) is 5.75 Å². The zero-order valence-electron chi connectivity index (χ0n) is 14.4. The van der Waals surface area contributed by atoms with Crippen LogP contribution in [0.15, 0.2) is 54.9 Å². The number of aromatic nitrogens is 2. The van der Waals surface area contributed by atoms with Crippen molar-refractivity contribution < 1.29 is 9.53 Å². The van der Waals surface area contributed by atoms with Crippen LogP contribution >= 0.6 is 0 Å². The number of nitrogens with zero attached hydrogens (tertiary/aromatic N) is 2. The third-order valence-electron chi connectivity index (χ3n) is 3.93. The standard InChI is InChI=1S/C20H23N3O2/c1-16-10-12-23-15-17(22-19(23)14-16)9-11-21-20(24)8-5-13-25-18-6-3-2-4-7-18/h2-4,6-7,10,12,14-15H,5,8-9,11,13H2,1H3,(H,21,24). The highest BCUT2D eigenvalue weighted by Crippen LogP contribution is 2.09. The molecule has 0 atom stereocenters. The Morgan fingerprint density at radius 3 is 2.92 bits per heavy atom. The van der Waals surface area contributed by atoms with Crippen LogP contribution in [0.2, 0.25) is 0 Å². The molecule has 2 aromatic heterocycles. The van der Waals surface area contributed by atoms with E-state index in [1.54, 1.807) is 0 Å². The first kappa shape index (κ1) is 17.0. The molecule has 0 aliphatic carbocycles. The number of para-hydroxylation sites is 1. The Bertz CT molecular complexity index is 827. The number of imidazole rings is 1. The van der Waals surface area contributed by atoms with E-state index in [-0.39, 0.29) is 5.91 Å². The summed E-state index contributed by atoms with van der Waals surface area (Å²) in [5.41, 5.74) is 3.12. The summed E-state index contributed by atoms with van der Waals surface area (Å²) in [6.45, 7) is 3.19. The van der Waals surface area contributed by atoms with Crippen molar-refractivity contribution in [3.63, 3.8) is 0 Å². The van der Waals surface area contributed by atoms with Crippen LogP contribution in [0.25, 0.3) is 5.65 Å². The van der Waals surface area contributed by atoms with E-state index in [1.807, 2.05) is 47.1 Å². The van der Waals surface area contributed by atoms with Gasteiger partial charge in [0.05, 0.1) is 12.3 Å². The molecule has 130 valence electrons. The van der Waals surface area contributed by atoms with Gasteiger partial charge in [0.1, 0.15) is 11.4 Å². The average Bonchev–Trinajstić information content (AvgIpc) is 3.01. The predicted molar refractivity (Wildman–Crippen MR) is 97.8 cm³/mol. The average molecular weight is 337 g/mol. The van der Waals surface area contributed by atoms with Gasteiger partial charge in [-0.1, -0.05) is 18.2 Å². The molecule has 3 rings (SSSR count). The van der Waals surface area contributed by atoms with Crippen molar-refractivity contribution in [2.45, 2.75) is 26.2 Å². The van der Waals surface area contributed by atoms with Crippen LogP contribution in [0.1, 0.15) is 24.1 Å². The van der Waals surface area contributed by atoms with E-state index in [9.17, 15) is 4.79 Å². The zero-order valence-corrected chi connectivity index (χ0v) is 14.4. The Balaban J connectivity index is 1.34. The molecule has 0 spiro atoms. The second-order valence-corrected chi connectivity index (χ2v) is 6.07. The van der Waals surface area contributed by atoms with Gasteiger partial charge in [0.2, 0.25) is 5.91 Å². The fourth-order valence-corrected chi connectivity index (χ4v) is 2.61. The van der Waals surface area contributed by atoms with Crippen LogP contribution in [-0.2, 0) is 11.2 Å². The molecule has 5 nitrogen and oxygen atoms in total. The minimum atomic E-state index is 0.0521. The van der Waals surface area contributed by atoms with Crippen molar-refractivity contribution in [2.24, 2.45) is 0 Å². The first-order valence-electron chi connectivity index (χ1n) is 8.59. The zero-order chi connectivity index (χ0) is 17.5. The Hall–Kier alpha value is -2.82. The van der Waals surface area contributed by atoms with Gasteiger partial charge in [0.25, 0.3) is 0 Å². The van der Waals surface area contributed by atoms with E-state index in [1.165, 1.54) is 5.56 Å². The van der Waals surface area contributed by atoms with Gasteiger partial charge in [0, 0.05) is 31.8 Å². The number of rotatable bonds is 8. The Labute approximate surface area is 147 Å². The first-order chi connectivity index (χ1) is 12.2. The fourth-order valence-electron chi connectivity index (χ4n) is 2.61. The quantitative estimate of drug-likeness (QED) is 0.642. The normalized spacial score (nSPS) is 10.8. The number of hydrogen-bond donors (Lipinski definition) is 1. The number of aryl methyl sites for hydroxylation is 1. The number of hydrogen-bond acceptors (Lipinski definition) is 3. The van der Waals surface area contributed by atoms with Crippen molar-refractivity contribution in [3.8, 4) is 5.75 Å². The molecule has 0 unspecified atom stereocenters. The molecule has 0 saturated heterocycles. The number of fused-ring (bicyclic) bond motifs is 1. The predicted octanol–water partition coefficient (Wildman–Crippen LogP) is 3.16. The number of benzene rings is 1. The minimum Gasteiger partial charge on any atom is -0.494 e.